The maximum Gasteiger partial charge on any atom is 0.138 e. The third-order valence-corrected chi connectivity index (χ3v) is 3.58. The molecule has 0 spiro atoms. The predicted molar refractivity (Wildman–Crippen MR) is 77.6 cm³/mol. The van der Waals surface area contributed by atoms with E-state index in [0.717, 1.165) is 6.54 Å². The van der Waals surface area contributed by atoms with Crippen LogP contribution in [-0.4, -0.2) is 19.9 Å². The fourth-order valence-corrected chi connectivity index (χ4v) is 2.20. The number of hydrogen-bond donors (Lipinski definition) is 1. The molecule has 1 aromatic heterocycles. The molecule has 6 heteroatoms. The second-order valence-corrected chi connectivity index (χ2v) is 6.00. The lowest BCUT2D eigenvalue weighted by Gasteiger charge is -2.13. The van der Waals surface area contributed by atoms with Crippen LogP contribution in [0.5, 0.6) is 0 Å². The zero-order chi connectivity index (χ0) is 14.7. The van der Waals surface area contributed by atoms with Crippen molar-refractivity contribution in [3.05, 3.63) is 46.2 Å². The number of nitrogens with zero attached hydrogens (tertiary/aromatic N) is 3. The molecular weight excluding hydrogens is 325 g/mol. The van der Waals surface area contributed by atoms with Crippen LogP contribution < -0.4 is 0 Å². The van der Waals surface area contributed by atoms with E-state index < -0.39 is 6.10 Å². The van der Waals surface area contributed by atoms with E-state index in [9.17, 15) is 9.50 Å². The molecule has 0 saturated carbocycles. The third kappa shape index (κ3) is 3.64. The molecule has 108 valence electrons. The Bertz CT molecular complexity index is 586. The van der Waals surface area contributed by atoms with Crippen molar-refractivity contribution >= 4 is 15.9 Å². The minimum atomic E-state index is -0.798. The van der Waals surface area contributed by atoms with E-state index in [1.807, 2.05) is 0 Å². The smallest absolute Gasteiger partial charge is 0.138 e. The maximum atomic E-state index is 13.5. The summed E-state index contributed by atoms with van der Waals surface area (Å²) in [5.41, 5.74) is 0.532. The fourth-order valence-electron chi connectivity index (χ4n) is 1.95. The topological polar surface area (TPSA) is 50.9 Å². The number of aromatic nitrogens is 3. The molecule has 0 fully saturated rings. The minimum absolute atomic E-state index is 0.313. The summed E-state index contributed by atoms with van der Waals surface area (Å²) in [6.45, 7) is 4.93. The van der Waals surface area contributed by atoms with Crippen LogP contribution in [0, 0.1) is 11.7 Å². The molecule has 0 aliphatic carbocycles. The molecule has 2 rings (SSSR count). The monoisotopic (exact) mass is 341 g/mol. The Morgan fingerprint density at radius 3 is 2.80 bits per heavy atom. The van der Waals surface area contributed by atoms with Gasteiger partial charge in [-0.05, 0) is 39.5 Å². The van der Waals surface area contributed by atoms with Crippen molar-refractivity contribution in [1.29, 1.82) is 0 Å². The van der Waals surface area contributed by atoms with Crippen molar-refractivity contribution in [1.82, 2.24) is 14.8 Å². The van der Waals surface area contributed by atoms with Crippen molar-refractivity contribution in [3.63, 3.8) is 0 Å². The van der Waals surface area contributed by atoms with Crippen LogP contribution in [0.15, 0.2) is 29.0 Å². The Kier molecular flexibility index (Phi) is 4.88. The first kappa shape index (κ1) is 15.1. The molecule has 0 saturated heterocycles. The molecule has 1 heterocycles. The van der Waals surface area contributed by atoms with E-state index in [-0.39, 0.29) is 5.82 Å². The van der Waals surface area contributed by atoms with Crippen molar-refractivity contribution in [3.8, 4) is 0 Å². The average molecular weight is 342 g/mol. The second-order valence-electron chi connectivity index (χ2n) is 5.15. The summed E-state index contributed by atoms with van der Waals surface area (Å²) in [7, 11) is 0. The molecule has 0 aliphatic heterocycles. The third-order valence-electron chi connectivity index (χ3n) is 2.94. The van der Waals surface area contributed by atoms with Crippen molar-refractivity contribution in [2.75, 3.05) is 0 Å². The van der Waals surface area contributed by atoms with Gasteiger partial charge < -0.3 is 5.11 Å². The average Bonchev–Trinajstić information content (AvgIpc) is 2.79. The van der Waals surface area contributed by atoms with E-state index >= 15 is 0 Å². The molecule has 1 N–H and O–H groups in total. The standard InChI is InChI=1S/C14H17BrFN3O/c1-9(2)7-19-14(17-8-18-19)6-13(20)10-3-4-11(15)12(16)5-10/h3-5,8-9,13,20H,6-7H2,1-2H3. The molecule has 0 bridgehead atoms. The van der Waals surface area contributed by atoms with Crippen LogP contribution in [0.2, 0.25) is 0 Å². The van der Waals surface area contributed by atoms with E-state index in [0.29, 0.717) is 28.2 Å². The Hall–Kier alpha value is -1.27. The number of rotatable bonds is 5. The largest absolute Gasteiger partial charge is 0.388 e. The van der Waals surface area contributed by atoms with Crippen LogP contribution in [0.1, 0.15) is 31.3 Å². The fraction of sp³-hybridized carbons (Fsp3) is 0.429. The Morgan fingerprint density at radius 2 is 2.15 bits per heavy atom. The van der Waals surface area contributed by atoms with Crippen molar-refractivity contribution < 1.29 is 9.50 Å². The highest BCUT2D eigenvalue weighted by Gasteiger charge is 2.15. The Labute approximate surface area is 125 Å². The van der Waals surface area contributed by atoms with Gasteiger partial charge in [-0.1, -0.05) is 19.9 Å². The first-order valence-corrected chi connectivity index (χ1v) is 7.26. The van der Waals surface area contributed by atoms with Gasteiger partial charge in [0.05, 0.1) is 10.6 Å². The molecule has 0 radical (unpaired) electrons. The summed E-state index contributed by atoms with van der Waals surface area (Å²) in [5.74, 6) is 0.762. The normalized spacial score (nSPS) is 12.9. The molecule has 0 amide bonds. The van der Waals surface area contributed by atoms with Crippen LogP contribution >= 0.6 is 15.9 Å². The van der Waals surface area contributed by atoms with Gasteiger partial charge in [-0.3, -0.25) is 0 Å². The van der Waals surface area contributed by atoms with Gasteiger partial charge in [-0.2, -0.15) is 5.10 Å². The van der Waals surface area contributed by atoms with Gasteiger partial charge in [-0.15, -0.1) is 0 Å². The highest BCUT2D eigenvalue weighted by atomic mass is 79.9. The summed E-state index contributed by atoms with van der Waals surface area (Å²) in [6, 6.07) is 4.62. The first-order valence-electron chi connectivity index (χ1n) is 6.47. The lowest BCUT2D eigenvalue weighted by molar-refractivity contribution is 0.173. The van der Waals surface area contributed by atoms with E-state index in [1.165, 1.54) is 12.4 Å². The first-order chi connectivity index (χ1) is 9.47. The molecule has 2 aromatic rings. The molecule has 1 unspecified atom stereocenters. The zero-order valence-electron chi connectivity index (χ0n) is 11.4. The summed E-state index contributed by atoms with van der Waals surface area (Å²) < 4.78 is 15.6. The van der Waals surface area contributed by atoms with E-state index in [2.05, 4.69) is 39.9 Å². The van der Waals surface area contributed by atoms with Crippen LogP contribution in [0.25, 0.3) is 0 Å². The number of aliphatic hydroxyl groups is 1. The van der Waals surface area contributed by atoms with Crippen molar-refractivity contribution in [2.45, 2.75) is 32.9 Å². The zero-order valence-corrected chi connectivity index (χ0v) is 13.0. The summed E-state index contributed by atoms with van der Waals surface area (Å²) in [5, 5.41) is 14.4. The second kappa shape index (κ2) is 6.45. The maximum absolute atomic E-state index is 13.5. The van der Waals surface area contributed by atoms with Crippen molar-refractivity contribution in [2.24, 2.45) is 5.92 Å². The lowest BCUT2D eigenvalue weighted by Crippen LogP contribution is -2.13. The quantitative estimate of drug-likeness (QED) is 0.908. The Morgan fingerprint density at radius 1 is 1.40 bits per heavy atom. The molecular formula is C14H17BrFN3O. The molecule has 1 atom stereocenters. The van der Waals surface area contributed by atoms with Crippen LogP contribution in [0.3, 0.4) is 0 Å². The lowest BCUT2D eigenvalue weighted by atomic mass is 10.1. The van der Waals surface area contributed by atoms with E-state index in [4.69, 9.17) is 0 Å². The van der Waals surface area contributed by atoms with Crippen LogP contribution in [-0.2, 0) is 13.0 Å². The SMILES string of the molecule is CC(C)Cn1ncnc1CC(O)c1ccc(Br)c(F)c1. The highest BCUT2D eigenvalue weighted by molar-refractivity contribution is 9.10. The van der Waals surface area contributed by atoms with Gasteiger partial charge in [0.15, 0.2) is 0 Å². The number of hydrogen-bond acceptors (Lipinski definition) is 3. The summed E-state index contributed by atoms with van der Waals surface area (Å²) in [6.07, 6.45) is 0.994. The number of benzene rings is 1. The van der Waals surface area contributed by atoms with Crippen LogP contribution in [0.4, 0.5) is 4.39 Å². The van der Waals surface area contributed by atoms with Gasteiger partial charge in [0.25, 0.3) is 0 Å². The van der Waals surface area contributed by atoms with E-state index in [1.54, 1.807) is 16.8 Å². The van der Waals surface area contributed by atoms with Gasteiger partial charge in [0, 0.05) is 13.0 Å². The number of halogens is 2. The molecule has 20 heavy (non-hydrogen) atoms. The molecule has 1 aromatic carbocycles. The highest BCUT2D eigenvalue weighted by Crippen LogP contribution is 2.22. The van der Waals surface area contributed by atoms with Gasteiger partial charge in [0.2, 0.25) is 0 Å². The van der Waals surface area contributed by atoms with Gasteiger partial charge in [0.1, 0.15) is 18.0 Å². The predicted octanol–water partition coefficient (Wildman–Crippen LogP) is 3.11. The molecule has 4 nitrogen and oxygen atoms in total. The van der Waals surface area contributed by atoms with Gasteiger partial charge >= 0.3 is 0 Å². The van der Waals surface area contributed by atoms with Gasteiger partial charge in [-0.25, -0.2) is 14.1 Å². The summed E-state index contributed by atoms with van der Waals surface area (Å²) >= 11 is 3.09. The Balaban J connectivity index is 2.13. The molecule has 0 aliphatic rings. The number of aliphatic hydroxyl groups excluding tert-OH is 1. The summed E-state index contributed by atoms with van der Waals surface area (Å²) in [4.78, 5) is 4.16. The minimum Gasteiger partial charge on any atom is -0.388 e.